The van der Waals surface area contributed by atoms with Crippen LogP contribution < -0.4 is 5.32 Å². The van der Waals surface area contributed by atoms with Gasteiger partial charge in [-0.05, 0) is 6.07 Å². The molecule has 3 aromatic rings. The summed E-state index contributed by atoms with van der Waals surface area (Å²) in [6.45, 7) is 2.10. The molecule has 1 saturated heterocycles. The Morgan fingerprint density at radius 3 is 3.00 bits per heavy atom. The van der Waals surface area contributed by atoms with Crippen LogP contribution in [0.3, 0.4) is 0 Å². The van der Waals surface area contributed by atoms with Crippen molar-refractivity contribution in [2.75, 3.05) is 13.1 Å². The zero-order chi connectivity index (χ0) is 11.9. The second-order valence-corrected chi connectivity index (χ2v) is 5.44. The molecular weight excluding hydrogens is 244 g/mol. The molecule has 4 rings (SSSR count). The fourth-order valence-corrected chi connectivity index (χ4v) is 3.16. The van der Waals surface area contributed by atoms with Gasteiger partial charge in [-0.15, -0.1) is 11.3 Å². The summed E-state index contributed by atoms with van der Waals surface area (Å²) < 4.78 is 5.57. The summed E-state index contributed by atoms with van der Waals surface area (Å²) in [6, 6.07) is 8.10. The molecule has 0 aliphatic carbocycles. The first-order chi connectivity index (χ1) is 8.92. The van der Waals surface area contributed by atoms with E-state index in [2.05, 4.69) is 16.8 Å². The molecule has 0 saturated carbocycles. The van der Waals surface area contributed by atoms with Gasteiger partial charge in [0.15, 0.2) is 0 Å². The van der Waals surface area contributed by atoms with Crippen molar-refractivity contribution in [3.8, 4) is 10.6 Å². The van der Waals surface area contributed by atoms with E-state index >= 15 is 0 Å². The van der Waals surface area contributed by atoms with Crippen LogP contribution in [0.25, 0.3) is 21.5 Å². The van der Waals surface area contributed by atoms with E-state index in [0.29, 0.717) is 5.92 Å². The molecule has 0 amide bonds. The van der Waals surface area contributed by atoms with Crippen molar-refractivity contribution in [3.05, 3.63) is 41.6 Å². The third-order valence-electron chi connectivity index (χ3n) is 3.43. The molecule has 1 aliphatic rings. The maximum atomic E-state index is 5.57. The second kappa shape index (κ2) is 3.93. The van der Waals surface area contributed by atoms with Crippen LogP contribution in [0.2, 0.25) is 0 Å². The predicted molar refractivity (Wildman–Crippen MR) is 72.9 cm³/mol. The summed E-state index contributed by atoms with van der Waals surface area (Å²) in [6.07, 6.45) is 1.81. The van der Waals surface area contributed by atoms with Crippen molar-refractivity contribution >= 4 is 22.3 Å². The van der Waals surface area contributed by atoms with Gasteiger partial charge in [-0.25, -0.2) is 4.98 Å². The first-order valence-corrected chi connectivity index (χ1v) is 6.92. The van der Waals surface area contributed by atoms with E-state index in [1.807, 2.05) is 24.5 Å². The minimum atomic E-state index is 0.591. The van der Waals surface area contributed by atoms with Crippen molar-refractivity contribution in [1.29, 1.82) is 0 Å². The molecule has 4 heteroatoms. The highest BCUT2D eigenvalue weighted by molar-refractivity contribution is 7.13. The summed E-state index contributed by atoms with van der Waals surface area (Å²) in [5.74, 6) is 0.591. The third kappa shape index (κ3) is 1.50. The molecule has 90 valence electrons. The molecule has 2 aromatic heterocycles. The standard InChI is InChI=1S/C14H12N2OS/c1-2-4-13-10(3-1)11(7-17-13)14-16-12(8-18-14)9-5-15-6-9/h1-4,7-9,15H,5-6H2. The molecule has 1 fully saturated rings. The summed E-state index contributed by atoms with van der Waals surface area (Å²) >= 11 is 1.70. The monoisotopic (exact) mass is 256 g/mol. The van der Waals surface area contributed by atoms with Crippen LogP contribution >= 0.6 is 11.3 Å². The SMILES string of the molecule is c1ccc2c(-c3nc(C4CNC4)cs3)coc2c1. The van der Waals surface area contributed by atoms with Gasteiger partial charge in [0, 0.05) is 29.8 Å². The first kappa shape index (κ1) is 10.3. The van der Waals surface area contributed by atoms with Gasteiger partial charge in [0.1, 0.15) is 16.9 Å². The van der Waals surface area contributed by atoms with Gasteiger partial charge in [0.05, 0.1) is 11.3 Å². The lowest BCUT2D eigenvalue weighted by Crippen LogP contribution is -2.40. The quantitative estimate of drug-likeness (QED) is 0.765. The van der Waals surface area contributed by atoms with Crippen LogP contribution in [0.5, 0.6) is 0 Å². The number of nitrogens with one attached hydrogen (secondary N) is 1. The van der Waals surface area contributed by atoms with Gasteiger partial charge in [-0.3, -0.25) is 0 Å². The average Bonchev–Trinajstić information content (AvgIpc) is 2.92. The number of hydrogen-bond donors (Lipinski definition) is 1. The number of benzene rings is 1. The Hall–Kier alpha value is -1.65. The Morgan fingerprint density at radius 1 is 1.28 bits per heavy atom. The van der Waals surface area contributed by atoms with E-state index in [9.17, 15) is 0 Å². The second-order valence-electron chi connectivity index (χ2n) is 4.58. The number of hydrogen-bond acceptors (Lipinski definition) is 4. The molecule has 0 unspecified atom stereocenters. The Bertz CT molecular complexity index is 696. The minimum Gasteiger partial charge on any atom is -0.464 e. The zero-order valence-electron chi connectivity index (χ0n) is 9.72. The van der Waals surface area contributed by atoms with Gasteiger partial charge in [-0.1, -0.05) is 18.2 Å². The van der Waals surface area contributed by atoms with Gasteiger partial charge < -0.3 is 9.73 Å². The molecule has 18 heavy (non-hydrogen) atoms. The number of para-hydroxylation sites is 1. The van der Waals surface area contributed by atoms with Crippen LogP contribution in [-0.2, 0) is 0 Å². The lowest BCUT2D eigenvalue weighted by molar-refractivity contribution is 0.441. The van der Waals surface area contributed by atoms with Crippen LogP contribution in [0.15, 0.2) is 40.3 Å². The number of furan rings is 1. The molecule has 0 bridgehead atoms. The lowest BCUT2D eigenvalue weighted by atomic mass is 10.0. The molecule has 3 nitrogen and oxygen atoms in total. The van der Waals surface area contributed by atoms with E-state index in [4.69, 9.17) is 9.40 Å². The van der Waals surface area contributed by atoms with Crippen molar-refractivity contribution < 1.29 is 4.42 Å². The summed E-state index contributed by atoms with van der Waals surface area (Å²) in [7, 11) is 0. The fraction of sp³-hybridized carbons (Fsp3) is 0.214. The Balaban J connectivity index is 1.79. The van der Waals surface area contributed by atoms with Crippen LogP contribution in [-0.4, -0.2) is 18.1 Å². The van der Waals surface area contributed by atoms with E-state index in [1.165, 1.54) is 5.69 Å². The lowest BCUT2D eigenvalue weighted by Gasteiger charge is -2.25. The van der Waals surface area contributed by atoms with Crippen molar-refractivity contribution in [2.45, 2.75) is 5.92 Å². The van der Waals surface area contributed by atoms with Crippen LogP contribution in [0, 0.1) is 0 Å². The van der Waals surface area contributed by atoms with E-state index in [0.717, 1.165) is 34.6 Å². The number of thiazole rings is 1. The Morgan fingerprint density at radius 2 is 2.17 bits per heavy atom. The molecule has 1 aromatic carbocycles. The third-order valence-corrected chi connectivity index (χ3v) is 4.33. The van der Waals surface area contributed by atoms with Gasteiger partial charge in [-0.2, -0.15) is 0 Å². The highest BCUT2D eigenvalue weighted by Crippen LogP contribution is 2.34. The number of rotatable bonds is 2. The van der Waals surface area contributed by atoms with Crippen molar-refractivity contribution in [3.63, 3.8) is 0 Å². The highest BCUT2D eigenvalue weighted by atomic mass is 32.1. The summed E-state index contributed by atoms with van der Waals surface area (Å²) in [5, 5.41) is 7.65. The first-order valence-electron chi connectivity index (χ1n) is 6.04. The van der Waals surface area contributed by atoms with E-state index in [1.54, 1.807) is 11.3 Å². The Labute approximate surface area is 108 Å². The van der Waals surface area contributed by atoms with E-state index in [-0.39, 0.29) is 0 Å². The summed E-state index contributed by atoms with van der Waals surface area (Å²) in [5.41, 5.74) is 3.24. The minimum absolute atomic E-state index is 0.591. The molecule has 0 spiro atoms. The molecule has 3 heterocycles. The van der Waals surface area contributed by atoms with Crippen LogP contribution in [0.1, 0.15) is 11.6 Å². The van der Waals surface area contributed by atoms with Gasteiger partial charge >= 0.3 is 0 Å². The largest absolute Gasteiger partial charge is 0.464 e. The molecule has 1 aliphatic heterocycles. The Kier molecular flexibility index (Phi) is 2.25. The van der Waals surface area contributed by atoms with Crippen molar-refractivity contribution in [2.24, 2.45) is 0 Å². The number of aromatic nitrogens is 1. The summed E-state index contributed by atoms with van der Waals surface area (Å²) in [4.78, 5) is 4.74. The maximum absolute atomic E-state index is 5.57. The van der Waals surface area contributed by atoms with Crippen LogP contribution in [0.4, 0.5) is 0 Å². The van der Waals surface area contributed by atoms with Gasteiger partial charge in [0.25, 0.3) is 0 Å². The molecular formula is C14H12N2OS. The average molecular weight is 256 g/mol. The maximum Gasteiger partial charge on any atom is 0.134 e. The molecule has 1 N–H and O–H groups in total. The topological polar surface area (TPSA) is 38.1 Å². The highest BCUT2D eigenvalue weighted by Gasteiger charge is 2.22. The normalized spacial score (nSPS) is 16.0. The fourth-order valence-electron chi connectivity index (χ4n) is 2.24. The zero-order valence-corrected chi connectivity index (χ0v) is 10.5. The predicted octanol–water partition coefficient (Wildman–Crippen LogP) is 3.24. The van der Waals surface area contributed by atoms with E-state index < -0.39 is 0 Å². The van der Waals surface area contributed by atoms with Crippen molar-refractivity contribution in [1.82, 2.24) is 10.3 Å². The molecule has 0 atom stereocenters. The van der Waals surface area contributed by atoms with Gasteiger partial charge in [0.2, 0.25) is 0 Å². The number of fused-ring (bicyclic) bond motifs is 1. The number of nitrogens with zero attached hydrogens (tertiary/aromatic N) is 1. The smallest absolute Gasteiger partial charge is 0.134 e. The molecule has 0 radical (unpaired) electrons.